The van der Waals surface area contributed by atoms with Gasteiger partial charge in [0, 0.05) is 5.75 Å². The van der Waals surface area contributed by atoms with Gasteiger partial charge in [0.25, 0.3) is 0 Å². The SMILES string of the molecule is CCc1ccc(OCC(O)CSc2nnc(C)s2)cc1. The fourth-order valence-corrected chi connectivity index (χ4v) is 3.31. The van der Waals surface area contributed by atoms with Crippen molar-refractivity contribution in [1.29, 1.82) is 0 Å². The number of benzene rings is 1. The van der Waals surface area contributed by atoms with Crippen LogP contribution in [0.3, 0.4) is 0 Å². The van der Waals surface area contributed by atoms with Gasteiger partial charge in [-0.2, -0.15) is 0 Å². The average Bonchev–Trinajstić information content (AvgIpc) is 2.89. The Morgan fingerprint density at radius 2 is 2.05 bits per heavy atom. The second-order valence-electron chi connectivity index (χ2n) is 4.36. The van der Waals surface area contributed by atoms with Gasteiger partial charge in [-0.1, -0.05) is 42.2 Å². The van der Waals surface area contributed by atoms with Crippen molar-refractivity contribution in [3.8, 4) is 5.75 Å². The van der Waals surface area contributed by atoms with Crippen LogP contribution in [0, 0.1) is 6.92 Å². The van der Waals surface area contributed by atoms with Gasteiger partial charge in [0.2, 0.25) is 0 Å². The first-order valence-corrected chi connectivity index (χ1v) is 8.30. The van der Waals surface area contributed by atoms with Gasteiger partial charge >= 0.3 is 0 Å². The molecular weight excluding hydrogens is 292 g/mol. The Balaban J connectivity index is 1.72. The van der Waals surface area contributed by atoms with Crippen LogP contribution in [0.4, 0.5) is 0 Å². The van der Waals surface area contributed by atoms with Crippen molar-refractivity contribution < 1.29 is 9.84 Å². The number of hydrogen-bond acceptors (Lipinski definition) is 6. The van der Waals surface area contributed by atoms with E-state index >= 15 is 0 Å². The molecule has 0 radical (unpaired) electrons. The summed E-state index contributed by atoms with van der Waals surface area (Å²) in [5.74, 6) is 1.35. The number of aromatic nitrogens is 2. The minimum atomic E-state index is -0.518. The highest BCUT2D eigenvalue weighted by Crippen LogP contribution is 2.22. The molecule has 0 spiro atoms. The predicted octanol–water partition coefficient (Wildman–Crippen LogP) is 2.94. The minimum Gasteiger partial charge on any atom is -0.491 e. The van der Waals surface area contributed by atoms with Gasteiger partial charge in [0.15, 0.2) is 4.34 Å². The smallest absolute Gasteiger partial charge is 0.174 e. The first kappa shape index (κ1) is 15.3. The molecule has 6 heteroatoms. The third-order valence-corrected chi connectivity index (χ3v) is 4.80. The van der Waals surface area contributed by atoms with Crippen LogP contribution in [-0.4, -0.2) is 33.8 Å². The quantitative estimate of drug-likeness (QED) is 0.797. The summed E-state index contributed by atoms with van der Waals surface area (Å²) >= 11 is 3.04. The normalized spacial score (nSPS) is 12.3. The van der Waals surface area contributed by atoms with Crippen LogP contribution < -0.4 is 4.74 Å². The van der Waals surface area contributed by atoms with Crippen molar-refractivity contribution >= 4 is 23.1 Å². The zero-order valence-electron chi connectivity index (χ0n) is 11.6. The van der Waals surface area contributed by atoms with E-state index in [1.165, 1.54) is 28.7 Å². The molecule has 108 valence electrons. The highest BCUT2D eigenvalue weighted by Gasteiger charge is 2.09. The first-order valence-electron chi connectivity index (χ1n) is 6.50. The third-order valence-electron chi connectivity index (χ3n) is 2.68. The molecule has 1 aromatic carbocycles. The molecule has 1 N–H and O–H groups in total. The Kier molecular flexibility index (Phi) is 5.82. The van der Waals surface area contributed by atoms with E-state index in [0.717, 1.165) is 21.5 Å². The number of aliphatic hydroxyl groups excluding tert-OH is 1. The van der Waals surface area contributed by atoms with Crippen LogP contribution in [-0.2, 0) is 6.42 Å². The maximum atomic E-state index is 9.89. The summed E-state index contributed by atoms with van der Waals surface area (Å²) in [5, 5.41) is 18.8. The van der Waals surface area contributed by atoms with Gasteiger partial charge in [-0.15, -0.1) is 10.2 Å². The molecule has 0 bridgehead atoms. The maximum Gasteiger partial charge on any atom is 0.174 e. The fourth-order valence-electron chi connectivity index (χ4n) is 1.57. The molecule has 2 rings (SSSR count). The van der Waals surface area contributed by atoms with Crippen molar-refractivity contribution in [2.45, 2.75) is 30.7 Å². The standard InChI is InChI=1S/C14H18N2O2S2/c1-3-11-4-6-13(7-5-11)18-8-12(17)9-19-14-16-15-10(2)20-14/h4-7,12,17H,3,8-9H2,1-2H3. The van der Waals surface area contributed by atoms with Crippen LogP contribution >= 0.6 is 23.1 Å². The highest BCUT2D eigenvalue weighted by molar-refractivity contribution is 8.01. The number of aliphatic hydroxyl groups is 1. The van der Waals surface area contributed by atoms with Crippen molar-refractivity contribution in [2.24, 2.45) is 0 Å². The Morgan fingerprint density at radius 3 is 2.65 bits per heavy atom. The maximum absolute atomic E-state index is 9.89. The Labute approximate surface area is 127 Å². The molecule has 0 aliphatic heterocycles. The molecule has 2 aromatic rings. The predicted molar refractivity (Wildman–Crippen MR) is 82.7 cm³/mol. The van der Waals surface area contributed by atoms with E-state index in [1.54, 1.807) is 0 Å². The molecule has 0 fully saturated rings. The molecule has 1 aromatic heterocycles. The molecule has 1 heterocycles. The van der Waals surface area contributed by atoms with E-state index < -0.39 is 6.10 Å². The molecule has 0 aliphatic carbocycles. The number of hydrogen-bond donors (Lipinski definition) is 1. The fraction of sp³-hybridized carbons (Fsp3) is 0.429. The average molecular weight is 310 g/mol. The van der Waals surface area contributed by atoms with E-state index in [2.05, 4.69) is 17.1 Å². The summed E-state index contributed by atoms with van der Waals surface area (Å²) in [4.78, 5) is 0. The molecule has 0 amide bonds. The van der Waals surface area contributed by atoms with Crippen LogP contribution in [0.1, 0.15) is 17.5 Å². The molecule has 0 saturated heterocycles. The van der Waals surface area contributed by atoms with Gasteiger partial charge in [0.1, 0.15) is 17.4 Å². The van der Waals surface area contributed by atoms with Crippen LogP contribution in [0.15, 0.2) is 28.6 Å². The van der Waals surface area contributed by atoms with Gasteiger partial charge in [0.05, 0.1) is 6.10 Å². The van der Waals surface area contributed by atoms with Crippen molar-refractivity contribution in [1.82, 2.24) is 10.2 Å². The lowest BCUT2D eigenvalue weighted by molar-refractivity contribution is 0.126. The third kappa shape index (κ3) is 4.77. The Morgan fingerprint density at radius 1 is 1.30 bits per heavy atom. The monoisotopic (exact) mass is 310 g/mol. The first-order chi connectivity index (χ1) is 9.67. The van der Waals surface area contributed by atoms with Crippen molar-refractivity contribution in [3.05, 3.63) is 34.8 Å². The number of ether oxygens (including phenoxy) is 1. The van der Waals surface area contributed by atoms with Crippen molar-refractivity contribution in [2.75, 3.05) is 12.4 Å². The minimum absolute atomic E-state index is 0.288. The largest absolute Gasteiger partial charge is 0.491 e. The summed E-state index contributed by atoms with van der Waals surface area (Å²) in [7, 11) is 0. The lowest BCUT2D eigenvalue weighted by Crippen LogP contribution is -2.20. The molecule has 1 atom stereocenters. The number of nitrogens with zero attached hydrogens (tertiary/aromatic N) is 2. The summed E-state index contributed by atoms with van der Waals surface area (Å²) in [5.41, 5.74) is 1.28. The molecule has 0 aliphatic rings. The molecule has 1 unspecified atom stereocenters. The highest BCUT2D eigenvalue weighted by atomic mass is 32.2. The number of thioether (sulfide) groups is 1. The van der Waals surface area contributed by atoms with E-state index in [4.69, 9.17) is 4.74 Å². The second-order valence-corrected chi connectivity index (χ2v) is 6.81. The van der Waals surface area contributed by atoms with Crippen LogP contribution in [0.25, 0.3) is 0 Å². The number of aryl methyl sites for hydroxylation is 2. The zero-order chi connectivity index (χ0) is 14.4. The topological polar surface area (TPSA) is 55.2 Å². The van der Waals surface area contributed by atoms with E-state index in [0.29, 0.717) is 5.75 Å². The van der Waals surface area contributed by atoms with E-state index in [-0.39, 0.29) is 6.61 Å². The summed E-state index contributed by atoms with van der Waals surface area (Å²) in [6.45, 7) is 4.32. The van der Waals surface area contributed by atoms with E-state index in [1.807, 2.05) is 31.2 Å². The van der Waals surface area contributed by atoms with Gasteiger partial charge < -0.3 is 9.84 Å². The zero-order valence-corrected chi connectivity index (χ0v) is 13.2. The summed E-state index contributed by atoms with van der Waals surface area (Å²) < 4.78 is 6.45. The van der Waals surface area contributed by atoms with Gasteiger partial charge in [-0.3, -0.25) is 0 Å². The second kappa shape index (κ2) is 7.61. The molecular formula is C14H18N2O2S2. The Hall–Kier alpha value is -1.11. The summed E-state index contributed by atoms with van der Waals surface area (Å²) in [6, 6.07) is 7.96. The molecule has 0 saturated carbocycles. The Bertz CT molecular complexity index is 528. The molecule has 4 nitrogen and oxygen atoms in total. The van der Waals surface area contributed by atoms with Crippen LogP contribution in [0.2, 0.25) is 0 Å². The van der Waals surface area contributed by atoms with Gasteiger partial charge in [-0.05, 0) is 31.0 Å². The lowest BCUT2D eigenvalue weighted by Gasteiger charge is -2.11. The van der Waals surface area contributed by atoms with Crippen molar-refractivity contribution in [3.63, 3.8) is 0 Å². The number of rotatable bonds is 7. The van der Waals surface area contributed by atoms with Crippen LogP contribution in [0.5, 0.6) is 5.75 Å². The summed E-state index contributed by atoms with van der Waals surface area (Å²) in [6.07, 6.45) is 0.496. The van der Waals surface area contributed by atoms with E-state index in [9.17, 15) is 5.11 Å². The van der Waals surface area contributed by atoms with Gasteiger partial charge in [-0.25, -0.2) is 0 Å². The molecule has 20 heavy (non-hydrogen) atoms. The lowest BCUT2D eigenvalue weighted by atomic mass is 10.2.